The molecule has 0 aromatic carbocycles. The summed E-state index contributed by atoms with van der Waals surface area (Å²) in [7, 11) is 0. The monoisotopic (exact) mass is 192 g/mol. The van der Waals surface area contributed by atoms with E-state index in [1.807, 2.05) is 0 Å². The summed E-state index contributed by atoms with van der Waals surface area (Å²) in [6, 6.07) is -0.0285. The lowest BCUT2D eigenvalue weighted by Crippen LogP contribution is -2.28. The Morgan fingerprint density at radius 2 is 2.43 bits per heavy atom. The minimum absolute atomic E-state index is 0.0285. The average Bonchev–Trinajstić information content (AvgIpc) is 2.47. The Labute approximate surface area is 82.0 Å². The molecule has 74 valence electrons. The first kappa shape index (κ1) is 9.08. The van der Waals surface area contributed by atoms with Crippen molar-refractivity contribution in [3.8, 4) is 0 Å². The molecule has 0 saturated carbocycles. The van der Waals surface area contributed by atoms with Crippen LogP contribution in [-0.4, -0.2) is 33.4 Å². The zero-order valence-corrected chi connectivity index (χ0v) is 7.76. The minimum Gasteiger partial charge on any atom is -0.335 e. The first-order chi connectivity index (χ1) is 6.75. The van der Waals surface area contributed by atoms with Crippen LogP contribution in [-0.2, 0) is 11.3 Å². The van der Waals surface area contributed by atoms with E-state index in [-0.39, 0.29) is 11.9 Å². The summed E-state index contributed by atoms with van der Waals surface area (Å²) in [5.74, 6) is 0.100. The molecule has 1 amide bonds. The van der Waals surface area contributed by atoms with Crippen LogP contribution in [0.15, 0.2) is 18.6 Å². The number of rotatable bonds is 2. The lowest BCUT2D eigenvalue weighted by Gasteiger charge is -2.14. The van der Waals surface area contributed by atoms with E-state index >= 15 is 0 Å². The molecule has 1 unspecified atom stereocenters. The third-order valence-corrected chi connectivity index (χ3v) is 2.21. The topological polar surface area (TPSA) is 72.1 Å². The van der Waals surface area contributed by atoms with E-state index in [0.29, 0.717) is 19.5 Å². The Bertz CT molecular complexity index is 327. The van der Waals surface area contributed by atoms with Crippen LogP contribution in [0.4, 0.5) is 0 Å². The number of hydrogen-bond acceptors (Lipinski definition) is 4. The van der Waals surface area contributed by atoms with E-state index < -0.39 is 0 Å². The van der Waals surface area contributed by atoms with Gasteiger partial charge >= 0.3 is 0 Å². The van der Waals surface area contributed by atoms with Gasteiger partial charge in [-0.05, 0) is 0 Å². The Morgan fingerprint density at radius 3 is 3.00 bits per heavy atom. The van der Waals surface area contributed by atoms with Crippen molar-refractivity contribution >= 4 is 5.91 Å². The van der Waals surface area contributed by atoms with Crippen molar-refractivity contribution in [3.05, 3.63) is 24.3 Å². The highest BCUT2D eigenvalue weighted by Gasteiger charge is 2.26. The molecule has 0 bridgehead atoms. The van der Waals surface area contributed by atoms with Gasteiger partial charge < -0.3 is 10.6 Å². The quantitative estimate of drug-likeness (QED) is 0.688. The third kappa shape index (κ3) is 1.88. The number of nitrogens with zero attached hydrogens (tertiary/aromatic N) is 3. The van der Waals surface area contributed by atoms with Gasteiger partial charge in [-0.3, -0.25) is 14.8 Å². The Balaban J connectivity index is 2.02. The first-order valence-electron chi connectivity index (χ1n) is 4.54. The molecule has 2 rings (SSSR count). The number of aromatic nitrogens is 2. The molecule has 1 aliphatic heterocycles. The van der Waals surface area contributed by atoms with E-state index in [4.69, 9.17) is 5.73 Å². The molecule has 1 saturated heterocycles. The predicted molar refractivity (Wildman–Crippen MR) is 50.0 cm³/mol. The fourth-order valence-electron chi connectivity index (χ4n) is 1.56. The van der Waals surface area contributed by atoms with E-state index in [0.717, 1.165) is 5.69 Å². The van der Waals surface area contributed by atoms with Crippen LogP contribution >= 0.6 is 0 Å². The fourth-order valence-corrected chi connectivity index (χ4v) is 1.56. The molecule has 1 aliphatic rings. The number of amides is 1. The van der Waals surface area contributed by atoms with E-state index in [1.165, 1.54) is 0 Å². The van der Waals surface area contributed by atoms with E-state index in [9.17, 15) is 4.79 Å². The van der Waals surface area contributed by atoms with Gasteiger partial charge in [0.25, 0.3) is 0 Å². The summed E-state index contributed by atoms with van der Waals surface area (Å²) in [5, 5.41) is 0. The maximum atomic E-state index is 11.4. The second kappa shape index (κ2) is 3.71. The zero-order chi connectivity index (χ0) is 9.97. The molecule has 0 aliphatic carbocycles. The Kier molecular flexibility index (Phi) is 2.41. The van der Waals surface area contributed by atoms with Gasteiger partial charge in [0.05, 0.1) is 18.4 Å². The van der Waals surface area contributed by atoms with Crippen molar-refractivity contribution in [1.82, 2.24) is 14.9 Å². The summed E-state index contributed by atoms with van der Waals surface area (Å²) in [4.78, 5) is 21.1. The van der Waals surface area contributed by atoms with Gasteiger partial charge in [-0.1, -0.05) is 0 Å². The van der Waals surface area contributed by atoms with Crippen molar-refractivity contribution in [3.63, 3.8) is 0 Å². The van der Waals surface area contributed by atoms with Gasteiger partial charge in [-0.25, -0.2) is 0 Å². The average molecular weight is 192 g/mol. The zero-order valence-electron chi connectivity index (χ0n) is 7.76. The van der Waals surface area contributed by atoms with Crippen molar-refractivity contribution in [2.45, 2.75) is 19.0 Å². The van der Waals surface area contributed by atoms with Crippen LogP contribution in [0.5, 0.6) is 0 Å². The van der Waals surface area contributed by atoms with Crippen molar-refractivity contribution in [2.75, 3.05) is 6.54 Å². The number of carbonyl (C=O) groups is 1. The van der Waals surface area contributed by atoms with Gasteiger partial charge in [-0.15, -0.1) is 0 Å². The van der Waals surface area contributed by atoms with Gasteiger partial charge in [0.2, 0.25) is 5.91 Å². The molecular weight excluding hydrogens is 180 g/mol. The summed E-state index contributed by atoms with van der Waals surface area (Å²) in [6.45, 7) is 1.13. The van der Waals surface area contributed by atoms with Crippen molar-refractivity contribution in [1.29, 1.82) is 0 Å². The lowest BCUT2D eigenvalue weighted by atomic mass is 10.3. The van der Waals surface area contributed by atoms with Gasteiger partial charge in [0, 0.05) is 31.4 Å². The maximum Gasteiger partial charge on any atom is 0.224 e. The fraction of sp³-hybridized carbons (Fsp3) is 0.444. The molecule has 1 atom stereocenters. The van der Waals surface area contributed by atoms with Crippen molar-refractivity contribution < 1.29 is 4.79 Å². The van der Waals surface area contributed by atoms with Crippen LogP contribution in [0.2, 0.25) is 0 Å². The van der Waals surface area contributed by atoms with Gasteiger partial charge in [0.15, 0.2) is 0 Å². The van der Waals surface area contributed by atoms with Crippen LogP contribution in [0.1, 0.15) is 12.1 Å². The molecular formula is C9H12N4O. The minimum atomic E-state index is -0.0285. The molecule has 5 nitrogen and oxygen atoms in total. The molecule has 1 fully saturated rings. The molecule has 5 heteroatoms. The number of carbonyl (C=O) groups excluding carboxylic acids is 1. The molecule has 14 heavy (non-hydrogen) atoms. The summed E-state index contributed by atoms with van der Waals surface area (Å²) >= 11 is 0. The lowest BCUT2D eigenvalue weighted by molar-refractivity contribution is -0.128. The van der Waals surface area contributed by atoms with E-state index in [1.54, 1.807) is 23.5 Å². The smallest absolute Gasteiger partial charge is 0.224 e. The molecule has 2 N–H and O–H groups in total. The number of hydrogen-bond donors (Lipinski definition) is 1. The Hall–Kier alpha value is -1.49. The van der Waals surface area contributed by atoms with Gasteiger partial charge in [-0.2, -0.15) is 0 Å². The summed E-state index contributed by atoms with van der Waals surface area (Å²) < 4.78 is 0. The van der Waals surface area contributed by atoms with Crippen LogP contribution < -0.4 is 5.73 Å². The highest BCUT2D eigenvalue weighted by molar-refractivity contribution is 5.79. The number of nitrogens with two attached hydrogens (primary N) is 1. The second-order valence-electron chi connectivity index (χ2n) is 3.44. The first-order valence-corrected chi connectivity index (χ1v) is 4.54. The molecule has 1 aromatic heterocycles. The maximum absolute atomic E-state index is 11.4. The Morgan fingerprint density at radius 1 is 1.57 bits per heavy atom. The third-order valence-electron chi connectivity index (χ3n) is 2.21. The standard InChI is InChI=1S/C9H12N4O/c10-7-3-9(14)13(5-7)6-8-4-11-1-2-12-8/h1-2,4,7H,3,5-6,10H2. The van der Waals surface area contributed by atoms with Crippen molar-refractivity contribution in [2.24, 2.45) is 5.73 Å². The number of likely N-dealkylation sites (tertiary alicyclic amines) is 1. The molecule has 1 aromatic rings. The van der Waals surface area contributed by atoms with Crippen LogP contribution in [0.25, 0.3) is 0 Å². The SMILES string of the molecule is NC1CC(=O)N(Cc2cnccn2)C1. The highest BCUT2D eigenvalue weighted by Crippen LogP contribution is 2.11. The molecule has 2 heterocycles. The molecule has 0 spiro atoms. The van der Waals surface area contributed by atoms with Gasteiger partial charge in [0.1, 0.15) is 0 Å². The summed E-state index contributed by atoms with van der Waals surface area (Å²) in [6.07, 6.45) is 5.34. The highest BCUT2D eigenvalue weighted by atomic mass is 16.2. The largest absolute Gasteiger partial charge is 0.335 e. The second-order valence-corrected chi connectivity index (χ2v) is 3.44. The van der Waals surface area contributed by atoms with Crippen LogP contribution in [0.3, 0.4) is 0 Å². The normalized spacial score (nSPS) is 21.6. The van der Waals surface area contributed by atoms with E-state index in [2.05, 4.69) is 9.97 Å². The summed E-state index contributed by atoms with van der Waals surface area (Å²) in [5.41, 5.74) is 6.47. The molecule has 0 radical (unpaired) electrons. The van der Waals surface area contributed by atoms with Crippen LogP contribution in [0, 0.1) is 0 Å². The predicted octanol–water partition coefficient (Wildman–Crippen LogP) is -0.464.